The van der Waals surface area contributed by atoms with E-state index in [1.165, 1.54) is 64.2 Å². The summed E-state index contributed by atoms with van der Waals surface area (Å²) in [6.07, 6.45) is 18.1. The van der Waals surface area contributed by atoms with Gasteiger partial charge in [-0.05, 0) is 6.42 Å². The predicted molar refractivity (Wildman–Crippen MR) is 101 cm³/mol. The molecule has 0 saturated heterocycles. The monoisotopic (exact) mass is 383 g/mol. The first-order valence-corrected chi connectivity index (χ1v) is 8.99. The first-order chi connectivity index (χ1) is 10.8. The summed E-state index contributed by atoms with van der Waals surface area (Å²) in [5, 5.41) is 8.22. The molecule has 2 rings (SSSR count). The Balaban J connectivity index is 0.00000264. The molecule has 0 aliphatic heterocycles. The highest BCUT2D eigenvalue weighted by molar-refractivity contribution is 8.93. The second-order valence-corrected chi connectivity index (χ2v) is 6.35. The average Bonchev–Trinajstić information content (AvgIpc) is 2.90. The Labute approximate surface area is 151 Å². The highest BCUT2D eigenvalue weighted by Crippen LogP contribution is 2.10. The number of halogens is 1. The van der Waals surface area contributed by atoms with Crippen molar-refractivity contribution in [1.82, 2.24) is 15.0 Å². The molecule has 0 unspecified atom stereocenters. The summed E-state index contributed by atoms with van der Waals surface area (Å²) < 4.78 is 4.06. The fourth-order valence-corrected chi connectivity index (χ4v) is 2.95. The summed E-state index contributed by atoms with van der Waals surface area (Å²) in [5.74, 6) is 0. The van der Waals surface area contributed by atoms with Crippen LogP contribution < -0.4 is 4.57 Å². The van der Waals surface area contributed by atoms with Gasteiger partial charge in [-0.2, -0.15) is 0 Å². The molecule has 0 bridgehead atoms. The van der Waals surface area contributed by atoms with Crippen LogP contribution in [-0.2, 0) is 13.6 Å². The maximum Gasteiger partial charge on any atom is 0.198 e. The Kier molecular flexibility index (Phi) is 10.1. The molecular weight excluding hydrogens is 352 g/mol. The number of unbranched alkanes of at least 4 members (excludes halogenated alkanes) is 9. The zero-order valence-electron chi connectivity index (χ0n) is 14.7. The summed E-state index contributed by atoms with van der Waals surface area (Å²) in [7, 11) is 1.93. The van der Waals surface area contributed by atoms with Crippen molar-refractivity contribution < 1.29 is 4.57 Å². The molecule has 5 heteroatoms. The minimum absolute atomic E-state index is 0. The number of hydrogen-bond acceptors (Lipinski definition) is 2. The molecule has 0 aromatic carbocycles. The minimum atomic E-state index is 0. The maximum atomic E-state index is 4.17. The summed E-state index contributed by atoms with van der Waals surface area (Å²) >= 11 is 0. The molecule has 23 heavy (non-hydrogen) atoms. The third-order valence-corrected chi connectivity index (χ3v) is 4.38. The molecule has 0 N–H and O–H groups in total. The van der Waals surface area contributed by atoms with Crippen LogP contribution in [0.3, 0.4) is 0 Å². The van der Waals surface area contributed by atoms with Crippen molar-refractivity contribution in [3.63, 3.8) is 0 Å². The van der Waals surface area contributed by atoms with Gasteiger partial charge in [0.15, 0.2) is 17.9 Å². The summed E-state index contributed by atoms with van der Waals surface area (Å²) in [6.45, 7) is 3.36. The fraction of sp³-hybridized carbons (Fsp3) is 0.722. The number of hydrogen-bond donors (Lipinski definition) is 0. The van der Waals surface area contributed by atoms with E-state index in [-0.39, 0.29) is 17.0 Å². The van der Waals surface area contributed by atoms with Crippen molar-refractivity contribution in [3.05, 3.63) is 18.5 Å². The van der Waals surface area contributed by atoms with Crippen molar-refractivity contribution in [2.75, 3.05) is 0 Å². The van der Waals surface area contributed by atoms with Gasteiger partial charge < -0.3 is 0 Å². The Hall–Kier alpha value is -0.970. The largest absolute Gasteiger partial charge is 0.247 e. The summed E-state index contributed by atoms with van der Waals surface area (Å²) in [6, 6.07) is 2.10. The standard InChI is InChI=1S/C18H31N4.BrH/c1-3-4-5-6-7-8-9-10-11-12-14-22-15-13-18-17(16-22)19-20-21(18)2;/h13,15-16H,3-12,14H2,1-2H3;1H/q+1;. The van der Waals surface area contributed by atoms with Gasteiger partial charge in [-0.25, -0.2) is 9.25 Å². The molecule has 2 heterocycles. The normalized spacial score (nSPS) is 10.9. The molecule has 2 aromatic heterocycles. The Morgan fingerprint density at radius 2 is 1.57 bits per heavy atom. The van der Waals surface area contributed by atoms with Crippen molar-refractivity contribution in [3.8, 4) is 0 Å². The fourth-order valence-electron chi connectivity index (χ4n) is 2.95. The van der Waals surface area contributed by atoms with Crippen LogP contribution in [0.25, 0.3) is 11.0 Å². The lowest BCUT2D eigenvalue weighted by Gasteiger charge is -2.01. The van der Waals surface area contributed by atoms with E-state index in [1.54, 1.807) is 0 Å². The van der Waals surface area contributed by atoms with E-state index >= 15 is 0 Å². The Morgan fingerprint density at radius 3 is 2.22 bits per heavy atom. The second-order valence-electron chi connectivity index (χ2n) is 6.35. The molecule has 130 valence electrons. The lowest BCUT2D eigenvalue weighted by Crippen LogP contribution is -2.32. The van der Waals surface area contributed by atoms with Gasteiger partial charge in [0.2, 0.25) is 0 Å². The van der Waals surface area contributed by atoms with E-state index in [1.807, 2.05) is 11.7 Å². The number of aryl methyl sites for hydroxylation is 2. The van der Waals surface area contributed by atoms with E-state index in [0.717, 1.165) is 17.6 Å². The highest BCUT2D eigenvalue weighted by atomic mass is 79.9. The van der Waals surface area contributed by atoms with Gasteiger partial charge in [-0.1, -0.05) is 63.5 Å². The van der Waals surface area contributed by atoms with Gasteiger partial charge in [-0.15, -0.1) is 22.1 Å². The van der Waals surface area contributed by atoms with Crippen LogP contribution in [0, 0.1) is 0 Å². The lowest BCUT2D eigenvalue weighted by molar-refractivity contribution is -0.696. The van der Waals surface area contributed by atoms with Crippen molar-refractivity contribution in [2.24, 2.45) is 7.05 Å². The number of nitrogens with zero attached hydrogens (tertiary/aromatic N) is 4. The Morgan fingerprint density at radius 1 is 0.957 bits per heavy atom. The SMILES string of the molecule is Br.CCCCCCCCCCCC[n+]1ccc2c(c1)nnn2C. The number of aromatic nitrogens is 4. The molecule has 0 saturated carbocycles. The molecule has 0 spiro atoms. The van der Waals surface area contributed by atoms with Crippen LogP contribution in [0.1, 0.15) is 71.1 Å². The quantitative estimate of drug-likeness (QED) is 0.414. The van der Waals surface area contributed by atoms with E-state index < -0.39 is 0 Å². The van der Waals surface area contributed by atoms with Crippen molar-refractivity contribution in [2.45, 2.75) is 77.7 Å². The zero-order chi connectivity index (χ0) is 15.6. The van der Waals surface area contributed by atoms with Gasteiger partial charge in [0, 0.05) is 19.5 Å². The maximum absolute atomic E-state index is 4.17. The van der Waals surface area contributed by atoms with Gasteiger partial charge in [0.05, 0.1) is 0 Å². The molecule has 0 aliphatic carbocycles. The number of rotatable bonds is 11. The van der Waals surface area contributed by atoms with Crippen LogP contribution in [0.2, 0.25) is 0 Å². The van der Waals surface area contributed by atoms with E-state index in [4.69, 9.17) is 0 Å². The summed E-state index contributed by atoms with van der Waals surface area (Å²) in [5.41, 5.74) is 2.08. The molecule has 0 amide bonds. The summed E-state index contributed by atoms with van der Waals surface area (Å²) in [4.78, 5) is 0. The van der Waals surface area contributed by atoms with E-state index in [9.17, 15) is 0 Å². The average molecular weight is 384 g/mol. The molecule has 2 aromatic rings. The van der Waals surface area contributed by atoms with Crippen LogP contribution in [0.4, 0.5) is 0 Å². The number of fused-ring (bicyclic) bond motifs is 1. The molecule has 0 fully saturated rings. The number of pyridine rings is 1. The lowest BCUT2D eigenvalue weighted by atomic mass is 10.1. The van der Waals surface area contributed by atoms with Gasteiger partial charge in [-0.3, -0.25) is 0 Å². The van der Waals surface area contributed by atoms with E-state index in [0.29, 0.717) is 0 Å². The third-order valence-electron chi connectivity index (χ3n) is 4.38. The van der Waals surface area contributed by atoms with E-state index in [2.05, 4.69) is 40.3 Å². The molecule has 4 nitrogen and oxygen atoms in total. The highest BCUT2D eigenvalue weighted by Gasteiger charge is 2.07. The molecule has 0 aliphatic rings. The molecule has 0 radical (unpaired) electrons. The minimum Gasteiger partial charge on any atom is -0.247 e. The van der Waals surface area contributed by atoms with Crippen LogP contribution in [0.15, 0.2) is 18.5 Å². The van der Waals surface area contributed by atoms with Crippen LogP contribution >= 0.6 is 17.0 Å². The van der Waals surface area contributed by atoms with Crippen molar-refractivity contribution in [1.29, 1.82) is 0 Å². The predicted octanol–water partition coefficient (Wildman–Crippen LogP) is 4.75. The smallest absolute Gasteiger partial charge is 0.198 e. The van der Waals surface area contributed by atoms with Crippen LogP contribution in [-0.4, -0.2) is 15.0 Å². The topological polar surface area (TPSA) is 34.6 Å². The zero-order valence-corrected chi connectivity index (χ0v) is 16.4. The van der Waals surface area contributed by atoms with Gasteiger partial charge in [0.1, 0.15) is 12.1 Å². The van der Waals surface area contributed by atoms with Gasteiger partial charge >= 0.3 is 0 Å². The molecular formula is C18H32BrN4+. The Bertz CT molecular complexity index is 553. The third kappa shape index (κ3) is 6.98. The first kappa shape index (κ1) is 20.1. The van der Waals surface area contributed by atoms with Crippen LogP contribution in [0.5, 0.6) is 0 Å². The second kappa shape index (κ2) is 11.5. The first-order valence-electron chi connectivity index (χ1n) is 8.99. The molecule has 0 atom stereocenters. The van der Waals surface area contributed by atoms with Crippen molar-refractivity contribution >= 4 is 28.0 Å². The van der Waals surface area contributed by atoms with Gasteiger partial charge in [0.25, 0.3) is 0 Å².